The van der Waals surface area contributed by atoms with E-state index in [-0.39, 0.29) is 0 Å². The number of methoxy groups -OCH3 is 1. The summed E-state index contributed by atoms with van der Waals surface area (Å²) in [5, 5.41) is 9.69. The number of halogens is 3. The van der Waals surface area contributed by atoms with E-state index in [9.17, 15) is 22.8 Å². The lowest BCUT2D eigenvalue weighted by Gasteiger charge is -2.11. The van der Waals surface area contributed by atoms with Crippen LogP contribution in [0.2, 0.25) is 0 Å². The van der Waals surface area contributed by atoms with Gasteiger partial charge in [-0.3, -0.25) is 9.59 Å². The normalized spacial score (nSPS) is 12.5. The molecule has 0 aliphatic carbocycles. The van der Waals surface area contributed by atoms with E-state index in [0.717, 1.165) is 7.11 Å². The van der Waals surface area contributed by atoms with E-state index in [4.69, 9.17) is 5.26 Å². The highest BCUT2D eigenvalue weighted by Crippen LogP contribution is 2.14. The van der Waals surface area contributed by atoms with Crippen LogP contribution in [0.15, 0.2) is 0 Å². The van der Waals surface area contributed by atoms with Gasteiger partial charge in [0.1, 0.15) is 6.04 Å². The van der Waals surface area contributed by atoms with Gasteiger partial charge in [-0.1, -0.05) is 0 Å². The van der Waals surface area contributed by atoms with E-state index in [1.807, 2.05) is 0 Å². The van der Waals surface area contributed by atoms with Crippen LogP contribution in [0, 0.1) is 11.3 Å². The fourth-order valence-corrected chi connectivity index (χ4v) is 0.619. The second-order valence-electron chi connectivity index (χ2n) is 2.43. The predicted molar refractivity (Wildman–Crippen MR) is 40.2 cm³/mol. The minimum absolute atomic E-state index is 0.630. The lowest BCUT2D eigenvalue weighted by molar-refractivity contribution is -0.174. The maximum absolute atomic E-state index is 11.7. The van der Waals surface area contributed by atoms with Gasteiger partial charge in [0.2, 0.25) is 0 Å². The lowest BCUT2D eigenvalue weighted by atomic mass is 10.2. The third-order valence-electron chi connectivity index (χ3n) is 1.32. The van der Waals surface area contributed by atoms with Crippen molar-refractivity contribution in [1.29, 1.82) is 5.26 Å². The molecule has 0 saturated heterocycles. The van der Waals surface area contributed by atoms with Gasteiger partial charge >= 0.3 is 18.1 Å². The quantitative estimate of drug-likeness (QED) is 0.690. The first-order chi connectivity index (χ1) is 6.81. The van der Waals surface area contributed by atoms with Crippen LogP contribution in [0.25, 0.3) is 0 Å². The monoisotopic (exact) mass is 224 g/mol. The zero-order chi connectivity index (χ0) is 12.1. The standard InChI is InChI=1S/C7H7F3N2O3/c1-15-5(13)2-4(3-11)12-6(14)7(8,9)10/h4H,2H2,1H3,(H,12,14). The molecule has 1 amide bonds. The number of nitrogens with zero attached hydrogens (tertiary/aromatic N) is 1. The molecule has 0 aromatic heterocycles. The molecule has 5 nitrogen and oxygen atoms in total. The van der Waals surface area contributed by atoms with Crippen molar-refractivity contribution in [2.45, 2.75) is 18.6 Å². The van der Waals surface area contributed by atoms with Crippen molar-refractivity contribution < 1.29 is 27.5 Å². The highest BCUT2D eigenvalue weighted by Gasteiger charge is 2.40. The largest absolute Gasteiger partial charge is 0.471 e. The molecule has 1 unspecified atom stereocenters. The van der Waals surface area contributed by atoms with Gasteiger partial charge in [-0.15, -0.1) is 0 Å². The number of carbonyl (C=O) groups is 2. The molecule has 0 aliphatic heterocycles. The van der Waals surface area contributed by atoms with Gasteiger partial charge in [-0.25, -0.2) is 0 Å². The molecule has 15 heavy (non-hydrogen) atoms. The molecule has 0 aromatic carbocycles. The SMILES string of the molecule is COC(=O)CC(C#N)NC(=O)C(F)(F)F. The van der Waals surface area contributed by atoms with Crippen LogP contribution < -0.4 is 5.32 Å². The Labute approximate surface area is 82.8 Å². The van der Waals surface area contributed by atoms with E-state index in [0.29, 0.717) is 0 Å². The molecule has 0 heterocycles. The molecular formula is C7H7F3N2O3. The predicted octanol–water partition coefficient (Wildman–Crippen LogP) is 0.120. The summed E-state index contributed by atoms with van der Waals surface area (Å²) in [6, 6.07) is -0.212. The Morgan fingerprint density at radius 1 is 1.53 bits per heavy atom. The van der Waals surface area contributed by atoms with Crippen LogP contribution in [-0.4, -0.2) is 31.2 Å². The number of nitrogens with one attached hydrogen (secondary N) is 1. The molecule has 0 aromatic rings. The second-order valence-corrected chi connectivity index (χ2v) is 2.43. The summed E-state index contributed by atoms with van der Waals surface area (Å²) in [5.74, 6) is -3.15. The van der Waals surface area contributed by atoms with Crippen molar-refractivity contribution in [2.24, 2.45) is 0 Å². The summed E-state index contributed by atoms with van der Waals surface area (Å²) >= 11 is 0. The lowest BCUT2D eigenvalue weighted by Crippen LogP contribution is -2.43. The fourth-order valence-electron chi connectivity index (χ4n) is 0.619. The van der Waals surface area contributed by atoms with Gasteiger partial charge < -0.3 is 10.1 Å². The molecule has 0 spiro atoms. The van der Waals surface area contributed by atoms with E-state index >= 15 is 0 Å². The van der Waals surface area contributed by atoms with Crippen LogP contribution in [-0.2, 0) is 14.3 Å². The Balaban J connectivity index is 4.31. The van der Waals surface area contributed by atoms with Crippen molar-refractivity contribution in [3.05, 3.63) is 0 Å². The Bertz CT molecular complexity index is 295. The topological polar surface area (TPSA) is 79.2 Å². The Hall–Kier alpha value is -1.78. The van der Waals surface area contributed by atoms with E-state index in [2.05, 4.69) is 4.74 Å². The van der Waals surface area contributed by atoms with Crippen LogP contribution >= 0.6 is 0 Å². The summed E-state index contributed by atoms with van der Waals surface area (Å²) in [4.78, 5) is 21.0. The number of ether oxygens (including phenoxy) is 1. The molecule has 0 rings (SSSR count). The second kappa shape index (κ2) is 5.19. The average Bonchev–Trinajstić information content (AvgIpc) is 2.14. The number of carbonyl (C=O) groups excluding carboxylic acids is 2. The van der Waals surface area contributed by atoms with Gasteiger partial charge in [0, 0.05) is 0 Å². The minimum Gasteiger partial charge on any atom is -0.469 e. The molecule has 0 bridgehead atoms. The molecule has 0 fully saturated rings. The zero-order valence-corrected chi connectivity index (χ0v) is 7.59. The van der Waals surface area contributed by atoms with Gasteiger partial charge in [0.25, 0.3) is 0 Å². The summed E-state index contributed by atoms with van der Waals surface area (Å²) < 4.78 is 39.3. The minimum atomic E-state index is -5.08. The summed E-state index contributed by atoms with van der Waals surface area (Å²) in [7, 11) is 1.02. The number of nitriles is 1. The highest BCUT2D eigenvalue weighted by atomic mass is 19.4. The molecule has 0 saturated carbocycles. The first kappa shape index (κ1) is 13.2. The molecule has 8 heteroatoms. The molecular weight excluding hydrogens is 217 g/mol. The molecule has 1 N–H and O–H groups in total. The number of alkyl halides is 3. The van der Waals surface area contributed by atoms with E-state index < -0.39 is 30.5 Å². The van der Waals surface area contributed by atoms with Gasteiger partial charge in [0.05, 0.1) is 19.6 Å². The van der Waals surface area contributed by atoms with Crippen LogP contribution in [0.4, 0.5) is 13.2 Å². The van der Waals surface area contributed by atoms with Crippen LogP contribution in [0.3, 0.4) is 0 Å². The molecule has 0 aliphatic rings. The first-order valence-corrected chi connectivity index (χ1v) is 3.65. The van der Waals surface area contributed by atoms with Gasteiger partial charge in [-0.2, -0.15) is 18.4 Å². The van der Waals surface area contributed by atoms with Crippen LogP contribution in [0.5, 0.6) is 0 Å². The van der Waals surface area contributed by atoms with Gasteiger partial charge in [-0.05, 0) is 0 Å². The zero-order valence-electron chi connectivity index (χ0n) is 7.59. The van der Waals surface area contributed by atoms with Crippen molar-refractivity contribution in [3.8, 4) is 6.07 Å². The third kappa shape index (κ3) is 4.85. The Morgan fingerprint density at radius 2 is 2.07 bits per heavy atom. The third-order valence-corrected chi connectivity index (χ3v) is 1.32. The van der Waals surface area contributed by atoms with Crippen molar-refractivity contribution in [2.75, 3.05) is 7.11 Å². The highest BCUT2D eigenvalue weighted by molar-refractivity contribution is 5.83. The van der Waals surface area contributed by atoms with E-state index in [1.54, 1.807) is 0 Å². The number of rotatable bonds is 3. The van der Waals surface area contributed by atoms with Crippen LogP contribution in [0.1, 0.15) is 6.42 Å². The summed E-state index contributed by atoms with van der Waals surface area (Å²) in [6.45, 7) is 0. The van der Waals surface area contributed by atoms with E-state index in [1.165, 1.54) is 11.4 Å². The van der Waals surface area contributed by atoms with Crippen molar-refractivity contribution in [3.63, 3.8) is 0 Å². The Morgan fingerprint density at radius 3 is 2.40 bits per heavy atom. The maximum Gasteiger partial charge on any atom is 0.471 e. The summed E-state index contributed by atoms with van der Waals surface area (Å²) in [5.41, 5.74) is 0. The van der Waals surface area contributed by atoms with Crippen molar-refractivity contribution in [1.82, 2.24) is 5.32 Å². The summed E-state index contributed by atoms with van der Waals surface area (Å²) in [6.07, 6.45) is -5.71. The van der Waals surface area contributed by atoms with Crippen molar-refractivity contribution >= 4 is 11.9 Å². The van der Waals surface area contributed by atoms with Gasteiger partial charge in [0.15, 0.2) is 0 Å². The average molecular weight is 224 g/mol. The fraction of sp³-hybridized carbons (Fsp3) is 0.571. The molecule has 84 valence electrons. The maximum atomic E-state index is 11.7. The number of hydrogen-bond donors (Lipinski definition) is 1. The molecule has 0 radical (unpaired) electrons. The smallest absolute Gasteiger partial charge is 0.469 e. The molecule has 1 atom stereocenters. The first-order valence-electron chi connectivity index (χ1n) is 3.65. The Kier molecular flexibility index (Phi) is 4.57. The number of hydrogen-bond acceptors (Lipinski definition) is 4. The number of esters is 1. The number of amides is 1.